The van der Waals surface area contributed by atoms with E-state index in [1.165, 1.54) is 12.8 Å². The lowest BCUT2D eigenvalue weighted by molar-refractivity contribution is -0.0427. The van der Waals surface area contributed by atoms with Crippen LogP contribution in [0.15, 0.2) is 0 Å². The van der Waals surface area contributed by atoms with Crippen molar-refractivity contribution in [2.75, 3.05) is 26.4 Å². The Morgan fingerprint density at radius 2 is 1.92 bits per heavy atom. The lowest BCUT2D eigenvalue weighted by Gasteiger charge is -2.22. The Morgan fingerprint density at radius 3 is 2.58 bits per heavy atom. The summed E-state index contributed by atoms with van der Waals surface area (Å²) in [5.41, 5.74) is 0. The van der Waals surface area contributed by atoms with Crippen molar-refractivity contribution in [3.8, 4) is 0 Å². The summed E-state index contributed by atoms with van der Waals surface area (Å²) in [7, 11) is 0. The predicted octanol–water partition coefficient (Wildman–Crippen LogP) is 0.971. The smallest absolute Gasteiger partial charge is 0.104 e. The molecule has 2 atom stereocenters. The van der Waals surface area contributed by atoms with Crippen molar-refractivity contribution < 1.29 is 14.2 Å². The van der Waals surface area contributed by atoms with E-state index in [1.54, 1.807) is 0 Å². The number of hydrogen-bond donors (Lipinski definition) is 0. The van der Waals surface area contributed by atoms with Crippen molar-refractivity contribution in [3.63, 3.8) is 0 Å². The maximum absolute atomic E-state index is 5.51. The Labute approximate surface area is 73.0 Å². The molecule has 2 aliphatic heterocycles. The zero-order chi connectivity index (χ0) is 8.23. The van der Waals surface area contributed by atoms with Crippen LogP contribution in [-0.2, 0) is 14.2 Å². The fourth-order valence-electron chi connectivity index (χ4n) is 1.43. The first-order valence-corrected chi connectivity index (χ1v) is 4.76. The highest BCUT2D eigenvalue weighted by Gasteiger charge is 2.23. The summed E-state index contributed by atoms with van der Waals surface area (Å²) >= 11 is 0. The molecule has 2 saturated heterocycles. The highest BCUT2D eigenvalue weighted by Crippen LogP contribution is 2.14. The molecule has 12 heavy (non-hydrogen) atoms. The molecule has 0 spiro atoms. The van der Waals surface area contributed by atoms with Crippen molar-refractivity contribution in [1.29, 1.82) is 0 Å². The lowest BCUT2D eigenvalue weighted by Crippen LogP contribution is -2.25. The molecule has 0 amide bonds. The van der Waals surface area contributed by atoms with Gasteiger partial charge in [0.25, 0.3) is 0 Å². The van der Waals surface area contributed by atoms with Crippen LogP contribution in [0.5, 0.6) is 0 Å². The van der Waals surface area contributed by atoms with Gasteiger partial charge in [0.1, 0.15) is 6.10 Å². The van der Waals surface area contributed by atoms with Gasteiger partial charge in [-0.1, -0.05) is 0 Å². The largest absolute Gasteiger partial charge is 0.376 e. The minimum absolute atomic E-state index is 0.345. The van der Waals surface area contributed by atoms with E-state index in [4.69, 9.17) is 14.2 Å². The van der Waals surface area contributed by atoms with Crippen LogP contribution >= 0.6 is 0 Å². The van der Waals surface area contributed by atoms with E-state index in [1.807, 2.05) is 0 Å². The van der Waals surface area contributed by atoms with E-state index in [2.05, 4.69) is 0 Å². The SMILES string of the molecule is C1CCC(COCC2CO2)OC1. The van der Waals surface area contributed by atoms with Crippen LogP contribution in [-0.4, -0.2) is 38.6 Å². The third-order valence-corrected chi connectivity index (χ3v) is 2.28. The zero-order valence-electron chi connectivity index (χ0n) is 7.33. The van der Waals surface area contributed by atoms with Crippen molar-refractivity contribution >= 4 is 0 Å². The van der Waals surface area contributed by atoms with E-state index in [0.29, 0.717) is 12.2 Å². The second-order valence-corrected chi connectivity index (χ2v) is 3.48. The van der Waals surface area contributed by atoms with Crippen LogP contribution in [0, 0.1) is 0 Å². The first-order chi connectivity index (χ1) is 5.95. The number of rotatable bonds is 4. The molecule has 3 heteroatoms. The van der Waals surface area contributed by atoms with Gasteiger partial charge < -0.3 is 14.2 Å². The molecule has 0 aromatic carbocycles. The van der Waals surface area contributed by atoms with Crippen molar-refractivity contribution in [2.24, 2.45) is 0 Å². The van der Waals surface area contributed by atoms with Gasteiger partial charge in [-0.15, -0.1) is 0 Å². The molecule has 0 saturated carbocycles. The Balaban J connectivity index is 1.52. The summed E-state index contributed by atoms with van der Waals surface area (Å²) < 4.78 is 16.0. The Morgan fingerprint density at radius 1 is 1.08 bits per heavy atom. The summed E-state index contributed by atoms with van der Waals surface area (Å²) in [6.07, 6.45) is 4.38. The second-order valence-electron chi connectivity index (χ2n) is 3.48. The second kappa shape index (κ2) is 4.21. The predicted molar refractivity (Wildman–Crippen MR) is 44.2 cm³/mol. The van der Waals surface area contributed by atoms with E-state index < -0.39 is 0 Å². The van der Waals surface area contributed by atoms with Crippen LogP contribution in [0.1, 0.15) is 19.3 Å². The summed E-state index contributed by atoms with van der Waals surface area (Å²) in [5.74, 6) is 0. The summed E-state index contributed by atoms with van der Waals surface area (Å²) in [4.78, 5) is 0. The molecule has 0 aromatic heterocycles. The third kappa shape index (κ3) is 2.73. The maximum Gasteiger partial charge on any atom is 0.104 e. The fourth-order valence-corrected chi connectivity index (χ4v) is 1.43. The molecule has 2 fully saturated rings. The molecule has 3 nitrogen and oxygen atoms in total. The molecular weight excluding hydrogens is 156 g/mol. The number of ether oxygens (including phenoxy) is 3. The fraction of sp³-hybridized carbons (Fsp3) is 1.00. The number of epoxide rings is 1. The van der Waals surface area contributed by atoms with Crippen LogP contribution < -0.4 is 0 Å². The van der Waals surface area contributed by atoms with Gasteiger partial charge in [0.15, 0.2) is 0 Å². The van der Waals surface area contributed by atoms with Gasteiger partial charge in [-0.3, -0.25) is 0 Å². The zero-order valence-corrected chi connectivity index (χ0v) is 7.33. The number of hydrogen-bond acceptors (Lipinski definition) is 3. The highest BCUT2D eigenvalue weighted by atomic mass is 16.6. The molecule has 2 aliphatic rings. The van der Waals surface area contributed by atoms with Gasteiger partial charge in [-0.25, -0.2) is 0 Å². The van der Waals surface area contributed by atoms with Gasteiger partial charge >= 0.3 is 0 Å². The van der Waals surface area contributed by atoms with Crippen LogP contribution in [0.2, 0.25) is 0 Å². The first kappa shape index (κ1) is 8.48. The standard InChI is InChI=1S/C9H16O3/c1-2-4-11-8(3-1)5-10-6-9-7-12-9/h8-9H,1-7H2. The molecule has 2 unspecified atom stereocenters. The molecule has 2 heterocycles. The topological polar surface area (TPSA) is 31.0 Å². The van der Waals surface area contributed by atoms with Crippen LogP contribution in [0.3, 0.4) is 0 Å². The Hall–Kier alpha value is -0.120. The van der Waals surface area contributed by atoms with Crippen LogP contribution in [0.25, 0.3) is 0 Å². The van der Waals surface area contributed by atoms with Gasteiger partial charge in [0.2, 0.25) is 0 Å². The maximum atomic E-state index is 5.51. The molecule has 2 rings (SSSR count). The molecule has 0 N–H and O–H groups in total. The third-order valence-electron chi connectivity index (χ3n) is 2.28. The molecule has 0 bridgehead atoms. The highest BCUT2D eigenvalue weighted by molar-refractivity contribution is 4.68. The van der Waals surface area contributed by atoms with E-state index in [0.717, 1.165) is 32.8 Å². The molecule has 0 aromatic rings. The molecule has 70 valence electrons. The summed E-state index contributed by atoms with van der Waals surface area (Å²) in [5, 5.41) is 0. The van der Waals surface area contributed by atoms with Gasteiger partial charge in [-0.2, -0.15) is 0 Å². The monoisotopic (exact) mass is 172 g/mol. The van der Waals surface area contributed by atoms with Crippen molar-refractivity contribution in [2.45, 2.75) is 31.5 Å². The summed E-state index contributed by atoms with van der Waals surface area (Å²) in [6.45, 7) is 3.29. The lowest BCUT2D eigenvalue weighted by atomic mass is 10.1. The molecular formula is C9H16O3. The van der Waals surface area contributed by atoms with Crippen molar-refractivity contribution in [3.05, 3.63) is 0 Å². The Kier molecular flexibility index (Phi) is 2.98. The minimum Gasteiger partial charge on any atom is -0.376 e. The molecule has 0 aliphatic carbocycles. The van der Waals surface area contributed by atoms with Gasteiger partial charge in [0.05, 0.1) is 25.9 Å². The van der Waals surface area contributed by atoms with E-state index in [-0.39, 0.29) is 0 Å². The average molecular weight is 172 g/mol. The average Bonchev–Trinajstić information content (AvgIpc) is 2.90. The normalized spacial score (nSPS) is 35.0. The van der Waals surface area contributed by atoms with E-state index >= 15 is 0 Å². The Bertz CT molecular complexity index is 128. The summed E-state index contributed by atoms with van der Waals surface area (Å²) in [6, 6.07) is 0. The first-order valence-electron chi connectivity index (χ1n) is 4.76. The minimum atomic E-state index is 0.345. The van der Waals surface area contributed by atoms with Crippen molar-refractivity contribution in [1.82, 2.24) is 0 Å². The van der Waals surface area contributed by atoms with Gasteiger partial charge in [0, 0.05) is 6.61 Å². The van der Waals surface area contributed by atoms with E-state index in [9.17, 15) is 0 Å². The van der Waals surface area contributed by atoms with Crippen LogP contribution in [0.4, 0.5) is 0 Å². The molecule has 0 radical (unpaired) electrons. The quantitative estimate of drug-likeness (QED) is 0.592. The van der Waals surface area contributed by atoms with Gasteiger partial charge in [-0.05, 0) is 19.3 Å².